The van der Waals surface area contributed by atoms with E-state index in [0.29, 0.717) is 16.8 Å². The maximum atomic E-state index is 10.0. The molecule has 2 aromatic carbocycles. The number of aryl methyl sites for hydroxylation is 1. The Labute approximate surface area is 123 Å². The summed E-state index contributed by atoms with van der Waals surface area (Å²) in [6.07, 6.45) is 5.32. The number of phenols is 1. The Morgan fingerprint density at radius 2 is 1.86 bits per heavy atom. The van der Waals surface area contributed by atoms with Crippen LogP contribution in [-0.2, 0) is 0 Å². The fourth-order valence-electron chi connectivity index (χ4n) is 2.18. The van der Waals surface area contributed by atoms with E-state index in [0.717, 1.165) is 11.3 Å². The van der Waals surface area contributed by atoms with Gasteiger partial charge in [0.05, 0.1) is 11.4 Å². The van der Waals surface area contributed by atoms with Crippen LogP contribution in [0.2, 0.25) is 0 Å². The Morgan fingerprint density at radius 1 is 1.10 bits per heavy atom. The van der Waals surface area contributed by atoms with Crippen LogP contribution in [0.15, 0.2) is 48.5 Å². The van der Waals surface area contributed by atoms with Gasteiger partial charge in [-0.05, 0) is 36.8 Å². The second-order valence-electron chi connectivity index (χ2n) is 4.91. The molecule has 0 spiro atoms. The average Bonchev–Trinajstić information content (AvgIpc) is 2.97. The van der Waals surface area contributed by atoms with Crippen LogP contribution in [0.5, 0.6) is 5.75 Å². The van der Waals surface area contributed by atoms with Crippen LogP contribution in [0, 0.1) is 19.3 Å². The van der Waals surface area contributed by atoms with E-state index in [1.807, 2.05) is 25.1 Å². The minimum absolute atomic E-state index is 0.132. The van der Waals surface area contributed by atoms with Crippen molar-refractivity contribution < 1.29 is 5.11 Å². The summed E-state index contributed by atoms with van der Waals surface area (Å²) >= 11 is 0. The third kappa shape index (κ3) is 2.52. The van der Waals surface area contributed by atoms with Crippen molar-refractivity contribution in [3.05, 3.63) is 59.7 Å². The lowest BCUT2D eigenvalue weighted by Gasteiger charge is -2.01. The van der Waals surface area contributed by atoms with Crippen molar-refractivity contribution >= 4 is 0 Å². The molecule has 0 saturated carbocycles. The minimum Gasteiger partial charge on any atom is -0.507 e. The lowest BCUT2D eigenvalue weighted by Crippen LogP contribution is -1.81. The van der Waals surface area contributed by atoms with Crippen molar-refractivity contribution in [1.29, 1.82) is 0 Å². The number of nitrogens with zero attached hydrogens (tertiary/aromatic N) is 1. The zero-order valence-electron chi connectivity index (χ0n) is 11.6. The van der Waals surface area contributed by atoms with Gasteiger partial charge in [0.2, 0.25) is 0 Å². The normalized spacial score (nSPS) is 10.3. The Balaban J connectivity index is 1.99. The number of benzene rings is 2. The minimum atomic E-state index is 0.132. The zero-order valence-corrected chi connectivity index (χ0v) is 11.6. The summed E-state index contributed by atoms with van der Waals surface area (Å²) in [5, 5.41) is 17.3. The smallest absolute Gasteiger partial charge is 0.126 e. The quantitative estimate of drug-likeness (QED) is 0.699. The number of hydrogen-bond donors (Lipinski definition) is 2. The molecule has 1 aromatic heterocycles. The highest BCUT2D eigenvalue weighted by Crippen LogP contribution is 2.30. The van der Waals surface area contributed by atoms with E-state index >= 15 is 0 Å². The summed E-state index contributed by atoms with van der Waals surface area (Å²) in [5.74, 6) is 2.63. The maximum Gasteiger partial charge on any atom is 0.126 e. The second kappa shape index (κ2) is 5.18. The number of hydrogen-bond acceptors (Lipinski definition) is 2. The molecule has 3 rings (SSSR count). The van der Waals surface area contributed by atoms with E-state index in [-0.39, 0.29) is 5.75 Å². The SMILES string of the molecule is C#Cc1ccc(-c2cc(-c3ccc(C)cc3)[nH]n2)c(O)c1. The Kier molecular flexibility index (Phi) is 3.21. The van der Waals surface area contributed by atoms with Gasteiger partial charge in [-0.2, -0.15) is 5.10 Å². The Hall–Kier alpha value is -2.99. The third-order valence-corrected chi connectivity index (χ3v) is 3.38. The standard InChI is InChI=1S/C18H14N2O/c1-3-13-6-9-15(18(21)10-13)17-11-16(19-20-17)14-7-4-12(2)5-8-14/h1,4-11,21H,2H3,(H,19,20). The van der Waals surface area contributed by atoms with Gasteiger partial charge < -0.3 is 5.11 Å². The number of aromatic amines is 1. The van der Waals surface area contributed by atoms with Crippen molar-refractivity contribution in [3.8, 4) is 40.6 Å². The second-order valence-corrected chi connectivity index (χ2v) is 4.91. The van der Waals surface area contributed by atoms with E-state index in [2.05, 4.69) is 28.3 Å². The number of phenolic OH excluding ortho intramolecular Hbond substituents is 1. The topological polar surface area (TPSA) is 48.9 Å². The highest BCUT2D eigenvalue weighted by molar-refractivity contribution is 5.72. The first-order chi connectivity index (χ1) is 10.2. The molecule has 0 unspecified atom stereocenters. The molecule has 0 fully saturated rings. The van der Waals surface area contributed by atoms with E-state index in [1.165, 1.54) is 5.56 Å². The van der Waals surface area contributed by atoms with E-state index in [1.54, 1.807) is 18.2 Å². The number of terminal acetylenes is 1. The van der Waals surface area contributed by atoms with Crippen LogP contribution < -0.4 is 0 Å². The van der Waals surface area contributed by atoms with E-state index in [4.69, 9.17) is 6.42 Å². The van der Waals surface area contributed by atoms with Gasteiger partial charge in [-0.3, -0.25) is 5.10 Å². The summed E-state index contributed by atoms with van der Waals surface area (Å²) in [6, 6.07) is 15.2. The van der Waals surface area contributed by atoms with Gasteiger partial charge in [-0.25, -0.2) is 0 Å². The van der Waals surface area contributed by atoms with E-state index in [9.17, 15) is 5.11 Å². The highest BCUT2D eigenvalue weighted by atomic mass is 16.3. The van der Waals surface area contributed by atoms with Crippen LogP contribution >= 0.6 is 0 Å². The fourth-order valence-corrected chi connectivity index (χ4v) is 2.18. The molecule has 0 amide bonds. The van der Waals surface area contributed by atoms with Crippen molar-refractivity contribution in [1.82, 2.24) is 10.2 Å². The molecular formula is C18H14N2O. The molecule has 2 N–H and O–H groups in total. The molecule has 0 bridgehead atoms. The highest BCUT2D eigenvalue weighted by Gasteiger charge is 2.10. The summed E-state index contributed by atoms with van der Waals surface area (Å²) < 4.78 is 0. The Morgan fingerprint density at radius 3 is 2.52 bits per heavy atom. The molecule has 3 aromatic rings. The largest absolute Gasteiger partial charge is 0.507 e. The number of rotatable bonds is 2. The number of H-pyrrole nitrogens is 1. The van der Waals surface area contributed by atoms with Crippen LogP contribution in [0.4, 0.5) is 0 Å². The van der Waals surface area contributed by atoms with Crippen LogP contribution in [-0.4, -0.2) is 15.3 Å². The lowest BCUT2D eigenvalue weighted by molar-refractivity contribution is 0.477. The summed E-state index contributed by atoms with van der Waals surface area (Å²) in [6.45, 7) is 2.05. The van der Waals surface area contributed by atoms with Gasteiger partial charge in [0.25, 0.3) is 0 Å². The third-order valence-electron chi connectivity index (χ3n) is 3.38. The molecule has 0 saturated heterocycles. The van der Waals surface area contributed by atoms with Crippen LogP contribution in [0.3, 0.4) is 0 Å². The van der Waals surface area contributed by atoms with Gasteiger partial charge in [0, 0.05) is 11.1 Å². The average molecular weight is 274 g/mol. The maximum absolute atomic E-state index is 10.0. The molecule has 0 aliphatic heterocycles. The Bertz CT molecular complexity index is 823. The number of aromatic nitrogens is 2. The first-order valence-corrected chi connectivity index (χ1v) is 6.60. The fraction of sp³-hybridized carbons (Fsp3) is 0.0556. The summed E-state index contributed by atoms with van der Waals surface area (Å²) in [5.41, 5.74) is 5.16. The molecule has 1 heterocycles. The number of aromatic hydroxyl groups is 1. The van der Waals surface area contributed by atoms with Gasteiger partial charge in [0.15, 0.2) is 0 Å². The monoisotopic (exact) mass is 274 g/mol. The molecular weight excluding hydrogens is 260 g/mol. The van der Waals surface area contributed by atoms with Crippen molar-refractivity contribution in [2.75, 3.05) is 0 Å². The van der Waals surface area contributed by atoms with Crippen molar-refractivity contribution in [2.24, 2.45) is 0 Å². The van der Waals surface area contributed by atoms with Gasteiger partial charge in [0.1, 0.15) is 5.75 Å². The van der Waals surface area contributed by atoms with Crippen LogP contribution in [0.1, 0.15) is 11.1 Å². The van der Waals surface area contributed by atoms with Crippen molar-refractivity contribution in [2.45, 2.75) is 6.92 Å². The molecule has 0 atom stereocenters. The molecule has 0 aliphatic carbocycles. The first kappa shape index (κ1) is 13.0. The molecule has 0 radical (unpaired) electrons. The summed E-state index contributed by atoms with van der Waals surface area (Å²) in [7, 11) is 0. The predicted molar refractivity (Wildman–Crippen MR) is 83.8 cm³/mol. The summed E-state index contributed by atoms with van der Waals surface area (Å²) in [4.78, 5) is 0. The molecule has 0 aliphatic rings. The van der Waals surface area contributed by atoms with E-state index < -0.39 is 0 Å². The molecule has 3 nitrogen and oxygen atoms in total. The van der Waals surface area contributed by atoms with Gasteiger partial charge in [-0.1, -0.05) is 35.7 Å². The first-order valence-electron chi connectivity index (χ1n) is 6.60. The lowest BCUT2D eigenvalue weighted by atomic mass is 10.1. The van der Waals surface area contributed by atoms with Crippen molar-refractivity contribution in [3.63, 3.8) is 0 Å². The number of nitrogens with one attached hydrogen (secondary N) is 1. The molecule has 21 heavy (non-hydrogen) atoms. The van der Waals surface area contributed by atoms with Gasteiger partial charge >= 0.3 is 0 Å². The predicted octanol–water partition coefficient (Wildman–Crippen LogP) is 3.74. The van der Waals surface area contributed by atoms with Crippen LogP contribution in [0.25, 0.3) is 22.5 Å². The zero-order chi connectivity index (χ0) is 14.8. The van der Waals surface area contributed by atoms with Gasteiger partial charge in [-0.15, -0.1) is 6.42 Å². The molecule has 102 valence electrons. The molecule has 3 heteroatoms.